The lowest BCUT2D eigenvalue weighted by molar-refractivity contribution is 0.414. The molecule has 1 aromatic heterocycles. The normalized spacial score (nSPS) is 12.2. The van der Waals surface area contributed by atoms with Crippen LogP contribution in [0.2, 0.25) is 0 Å². The average molecular weight is 282 g/mol. The Balaban J connectivity index is 1.81. The number of benzene rings is 1. The maximum absolute atomic E-state index is 5.84. The Morgan fingerprint density at radius 2 is 2.05 bits per heavy atom. The molecule has 0 spiro atoms. The first-order valence-corrected chi connectivity index (χ1v) is 6.47. The number of hydrogen-bond acceptors (Lipinski definition) is 5. The van der Waals surface area contributed by atoms with E-state index in [1.807, 2.05) is 24.3 Å². The van der Waals surface area contributed by atoms with Crippen LogP contribution in [0.1, 0.15) is 23.8 Å². The monoisotopic (exact) mass is 281 g/mol. The Morgan fingerprint density at radius 3 is 2.63 bits per heavy atom. The van der Waals surface area contributed by atoms with Gasteiger partial charge in [-0.05, 0) is 31.0 Å². The van der Waals surface area contributed by atoms with E-state index in [-0.39, 0.29) is 5.38 Å². The van der Waals surface area contributed by atoms with Crippen LogP contribution in [-0.2, 0) is 6.42 Å². The Hall–Kier alpha value is -1.75. The van der Waals surface area contributed by atoms with Crippen molar-refractivity contribution in [3.05, 3.63) is 35.7 Å². The van der Waals surface area contributed by atoms with E-state index in [1.54, 1.807) is 14.0 Å². The maximum Gasteiger partial charge on any atom is 0.315 e. The molecule has 1 atom stereocenters. The molecule has 102 valence electrons. The van der Waals surface area contributed by atoms with E-state index in [2.05, 4.69) is 15.5 Å². The highest BCUT2D eigenvalue weighted by Crippen LogP contribution is 2.19. The minimum Gasteiger partial charge on any atom is -0.497 e. The van der Waals surface area contributed by atoms with Crippen molar-refractivity contribution >= 4 is 17.6 Å². The van der Waals surface area contributed by atoms with E-state index in [9.17, 15) is 0 Å². The van der Waals surface area contributed by atoms with Gasteiger partial charge in [0.25, 0.3) is 0 Å². The van der Waals surface area contributed by atoms with Gasteiger partial charge >= 0.3 is 6.01 Å². The van der Waals surface area contributed by atoms with Crippen molar-refractivity contribution in [2.45, 2.75) is 18.7 Å². The van der Waals surface area contributed by atoms with Gasteiger partial charge in [0.2, 0.25) is 5.89 Å². The predicted molar refractivity (Wildman–Crippen MR) is 73.8 cm³/mol. The quantitative estimate of drug-likeness (QED) is 0.825. The van der Waals surface area contributed by atoms with Crippen LogP contribution in [0.5, 0.6) is 5.75 Å². The fourth-order valence-corrected chi connectivity index (χ4v) is 1.66. The first-order valence-electron chi connectivity index (χ1n) is 6.03. The summed E-state index contributed by atoms with van der Waals surface area (Å²) in [6.07, 6.45) is 0.859. The summed E-state index contributed by atoms with van der Waals surface area (Å²) in [7, 11) is 1.65. The average Bonchev–Trinajstić information content (AvgIpc) is 2.89. The summed E-state index contributed by atoms with van der Waals surface area (Å²) in [5, 5.41) is 10.5. The Kier molecular flexibility index (Phi) is 4.63. The van der Waals surface area contributed by atoms with Crippen LogP contribution in [0.3, 0.4) is 0 Å². The fourth-order valence-electron chi connectivity index (χ4n) is 1.57. The predicted octanol–water partition coefficient (Wildman–Crippen LogP) is 3.03. The molecule has 6 heteroatoms. The lowest BCUT2D eigenvalue weighted by Crippen LogP contribution is -2.05. The van der Waals surface area contributed by atoms with Crippen LogP contribution in [0.25, 0.3) is 0 Å². The van der Waals surface area contributed by atoms with Crippen molar-refractivity contribution in [3.8, 4) is 5.75 Å². The van der Waals surface area contributed by atoms with Gasteiger partial charge < -0.3 is 14.5 Å². The number of rotatable bonds is 6. The van der Waals surface area contributed by atoms with Crippen molar-refractivity contribution in [1.29, 1.82) is 0 Å². The Morgan fingerprint density at radius 1 is 1.32 bits per heavy atom. The minimum absolute atomic E-state index is 0.273. The van der Waals surface area contributed by atoms with E-state index in [4.69, 9.17) is 20.8 Å². The van der Waals surface area contributed by atoms with Gasteiger partial charge in [0.1, 0.15) is 11.1 Å². The third kappa shape index (κ3) is 3.86. The number of alkyl halides is 1. The number of nitrogens with one attached hydrogen (secondary N) is 1. The van der Waals surface area contributed by atoms with Gasteiger partial charge in [-0.2, -0.15) is 0 Å². The van der Waals surface area contributed by atoms with E-state index in [0.29, 0.717) is 18.5 Å². The molecule has 1 aromatic carbocycles. The lowest BCUT2D eigenvalue weighted by atomic mass is 10.1. The minimum atomic E-state index is -0.273. The summed E-state index contributed by atoms with van der Waals surface area (Å²) >= 11 is 5.84. The summed E-state index contributed by atoms with van der Waals surface area (Å²) in [4.78, 5) is 0. The van der Waals surface area contributed by atoms with Gasteiger partial charge in [-0.1, -0.05) is 17.2 Å². The molecule has 0 saturated carbocycles. The molecule has 0 aliphatic rings. The molecule has 1 unspecified atom stereocenters. The van der Waals surface area contributed by atoms with Gasteiger partial charge in [-0.15, -0.1) is 16.7 Å². The fraction of sp³-hybridized carbons (Fsp3) is 0.385. The molecule has 0 amide bonds. The number of nitrogens with zero attached hydrogens (tertiary/aromatic N) is 2. The van der Waals surface area contributed by atoms with E-state index < -0.39 is 0 Å². The standard InChI is InChI=1S/C13H16ClN3O2/c1-9(14)12-16-17-13(19-12)15-8-7-10-3-5-11(18-2)6-4-10/h3-6,9H,7-8H2,1-2H3,(H,15,17). The second-order valence-corrected chi connectivity index (χ2v) is 4.74. The zero-order valence-electron chi connectivity index (χ0n) is 10.9. The molecular formula is C13H16ClN3O2. The smallest absolute Gasteiger partial charge is 0.315 e. The number of methoxy groups -OCH3 is 1. The Bertz CT molecular complexity index is 511. The molecule has 0 bridgehead atoms. The summed E-state index contributed by atoms with van der Waals surface area (Å²) in [5.74, 6) is 1.28. The van der Waals surface area contributed by atoms with E-state index in [1.165, 1.54) is 5.56 Å². The first-order chi connectivity index (χ1) is 9.19. The largest absolute Gasteiger partial charge is 0.497 e. The van der Waals surface area contributed by atoms with Crippen LogP contribution in [0.15, 0.2) is 28.7 Å². The van der Waals surface area contributed by atoms with Gasteiger partial charge in [0, 0.05) is 6.54 Å². The SMILES string of the molecule is COc1ccc(CCNc2nnc(C(C)Cl)o2)cc1. The van der Waals surface area contributed by atoms with Gasteiger partial charge in [-0.3, -0.25) is 0 Å². The van der Waals surface area contributed by atoms with Crippen molar-refractivity contribution < 1.29 is 9.15 Å². The third-order valence-corrected chi connectivity index (χ3v) is 2.82. The van der Waals surface area contributed by atoms with Crippen molar-refractivity contribution in [1.82, 2.24) is 10.2 Å². The molecule has 2 aromatic rings. The summed E-state index contributed by atoms with van der Waals surface area (Å²) in [5.41, 5.74) is 1.21. The molecule has 2 rings (SSSR count). The highest BCUT2D eigenvalue weighted by atomic mass is 35.5. The highest BCUT2D eigenvalue weighted by molar-refractivity contribution is 6.20. The van der Waals surface area contributed by atoms with Crippen molar-refractivity contribution in [3.63, 3.8) is 0 Å². The van der Waals surface area contributed by atoms with Crippen molar-refractivity contribution in [2.24, 2.45) is 0 Å². The number of halogens is 1. The van der Waals surface area contributed by atoms with Gasteiger partial charge in [0.05, 0.1) is 7.11 Å². The number of aromatic nitrogens is 2. The molecule has 0 aliphatic heterocycles. The van der Waals surface area contributed by atoms with Crippen LogP contribution >= 0.6 is 11.6 Å². The molecule has 0 radical (unpaired) electrons. The van der Waals surface area contributed by atoms with Crippen molar-refractivity contribution in [2.75, 3.05) is 19.0 Å². The van der Waals surface area contributed by atoms with Crippen LogP contribution < -0.4 is 10.1 Å². The van der Waals surface area contributed by atoms with Crippen LogP contribution in [0, 0.1) is 0 Å². The van der Waals surface area contributed by atoms with Crippen LogP contribution in [-0.4, -0.2) is 23.9 Å². The summed E-state index contributed by atoms with van der Waals surface area (Å²) in [6, 6.07) is 8.34. The van der Waals surface area contributed by atoms with Crippen LogP contribution in [0.4, 0.5) is 6.01 Å². The maximum atomic E-state index is 5.84. The molecular weight excluding hydrogens is 266 g/mol. The molecule has 0 aliphatic carbocycles. The molecule has 0 saturated heterocycles. The molecule has 1 N–H and O–H groups in total. The van der Waals surface area contributed by atoms with E-state index in [0.717, 1.165) is 12.2 Å². The second-order valence-electron chi connectivity index (χ2n) is 4.09. The zero-order valence-corrected chi connectivity index (χ0v) is 11.6. The number of ether oxygens (including phenoxy) is 1. The third-order valence-electron chi connectivity index (χ3n) is 2.63. The number of hydrogen-bond donors (Lipinski definition) is 1. The summed E-state index contributed by atoms with van der Waals surface area (Å²) in [6.45, 7) is 2.50. The van der Waals surface area contributed by atoms with Gasteiger partial charge in [0.15, 0.2) is 0 Å². The van der Waals surface area contributed by atoms with Gasteiger partial charge in [-0.25, -0.2) is 0 Å². The zero-order chi connectivity index (χ0) is 13.7. The topological polar surface area (TPSA) is 60.2 Å². The second kappa shape index (κ2) is 6.43. The summed E-state index contributed by atoms with van der Waals surface area (Å²) < 4.78 is 10.4. The molecule has 1 heterocycles. The molecule has 19 heavy (non-hydrogen) atoms. The lowest BCUT2D eigenvalue weighted by Gasteiger charge is -2.03. The number of anilines is 1. The molecule has 0 fully saturated rings. The highest BCUT2D eigenvalue weighted by Gasteiger charge is 2.10. The van der Waals surface area contributed by atoms with E-state index >= 15 is 0 Å². The molecule has 5 nitrogen and oxygen atoms in total. The first kappa shape index (κ1) is 13.7. The Labute approximate surface area is 116 Å².